The molecule has 0 fully saturated rings. The average Bonchev–Trinajstić information content (AvgIpc) is 3.00. The number of nitriles is 2. The lowest BCUT2D eigenvalue weighted by molar-refractivity contribution is -0.148. The van der Waals surface area contributed by atoms with Crippen LogP contribution in [0.1, 0.15) is 42.8 Å². The molecule has 0 unspecified atom stereocenters. The highest BCUT2D eigenvalue weighted by atomic mass is 16.5. The van der Waals surface area contributed by atoms with Crippen LogP contribution < -0.4 is 5.32 Å². The molecule has 1 heterocycles. The normalized spacial score (nSPS) is 11.9. The largest absolute Gasteiger partial charge is 0.448 e. The summed E-state index contributed by atoms with van der Waals surface area (Å²) in [6.45, 7) is 8.27. The van der Waals surface area contributed by atoms with Crippen LogP contribution in [0.3, 0.4) is 0 Å². The molecule has 1 aromatic carbocycles. The fourth-order valence-electron chi connectivity index (χ4n) is 2.98. The molecule has 0 aliphatic rings. The second-order valence-electron chi connectivity index (χ2n) is 6.87. The van der Waals surface area contributed by atoms with Gasteiger partial charge in [0.15, 0.2) is 6.10 Å². The van der Waals surface area contributed by atoms with E-state index in [0.717, 1.165) is 29.9 Å². The molecular formula is C23H24N4O3. The summed E-state index contributed by atoms with van der Waals surface area (Å²) in [7, 11) is 0. The van der Waals surface area contributed by atoms with Gasteiger partial charge in [-0.1, -0.05) is 6.92 Å². The smallest absolute Gasteiger partial charge is 0.349 e. The second-order valence-corrected chi connectivity index (χ2v) is 6.87. The van der Waals surface area contributed by atoms with Crippen LogP contribution in [-0.4, -0.2) is 22.5 Å². The third-order valence-corrected chi connectivity index (χ3v) is 4.63. The van der Waals surface area contributed by atoms with Gasteiger partial charge in [0.1, 0.15) is 11.6 Å². The first kappa shape index (κ1) is 22.4. The molecule has 0 radical (unpaired) electrons. The zero-order valence-electron chi connectivity index (χ0n) is 17.5. The summed E-state index contributed by atoms with van der Waals surface area (Å²) >= 11 is 0. The molecule has 154 valence electrons. The fourth-order valence-corrected chi connectivity index (χ4v) is 2.98. The van der Waals surface area contributed by atoms with Crippen molar-refractivity contribution in [2.45, 2.75) is 46.8 Å². The maximum atomic E-state index is 12.4. The highest BCUT2D eigenvalue weighted by Crippen LogP contribution is 2.19. The molecule has 1 aromatic heterocycles. The monoisotopic (exact) mass is 404 g/mol. The molecule has 2 rings (SSSR count). The van der Waals surface area contributed by atoms with Crippen LogP contribution in [-0.2, 0) is 20.9 Å². The van der Waals surface area contributed by atoms with Crippen molar-refractivity contribution in [2.75, 3.05) is 5.32 Å². The van der Waals surface area contributed by atoms with Gasteiger partial charge in [-0.3, -0.25) is 4.79 Å². The molecule has 0 bridgehead atoms. The number of esters is 1. The predicted molar refractivity (Wildman–Crippen MR) is 113 cm³/mol. The molecule has 7 heteroatoms. The van der Waals surface area contributed by atoms with Crippen molar-refractivity contribution in [3.8, 4) is 12.1 Å². The van der Waals surface area contributed by atoms with Gasteiger partial charge >= 0.3 is 5.97 Å². The molecule has 1 amide bonds. The van der Waals surface area contributed by atoms with Crippen molar-refractivity contribution in [1.29, 1.82) is 10.5 Å². The number of amides is 1. The Kier molecular flexibility index (Phi) is 7.55. The van der Waals surface area contributed by atoms with E-state index in [1.54, 1.807) is 24.3 Å². The average molecular weight is 404 g/mol. The minimum atomic E-state index is -1.10. The number of ether oxygens (including phenoxy) is 1. The topological polar surface area (TPSA) is 108 Å². The van der Waals surface area contributed by atoms with E-state index >= 15 is 0 Å². The van der Waals surface area contributed by atoms with Gasteiger partial charge in [-0.2, -0.15) is 10.5 Å². The Bertz CT molecular complexity index is 1050. The van der Waals surface area contributed by atoms with Crippen LogP contribution in [0.2, 0.25) is 0 Å². The van der Waals surface area contributed by atoms with Crippen molar-refractivity contribution in [2.24, 2.45) is 0 Å². The maximum Gasteiger partial charge on any atom is 0.349 e. The molecule has 0 spiro atoms. The van der Waals surface area contributed by atoms with E-state index in [1.807, 2.05) is 32.1 Å². The van der Waals surface area contributed by atoms with Crippen molar-refractivity contribution >= 4 is 23.6 Å². The third kappa shape index (κ3) is 5.36. The summed E-state index contributed by atoms with van der Waals surface area (Å²) in [4.78, 5) is 24.7. The van der Waals surface area contributed by atoms with Crippen LogP contribution in [0.4, 0.5) is 5.69 Å². The summed E-state index contributed by atoms with van der Waals surface area (Å²) < 4.78 is 7.30. The molecule has 2 aromatic rings. The Hall–Kier alpha value is -3.84. The number of carbonyl (C=O) groups is 2. The lowest BCUT2D eigenvalue weighted by Gasteiger charge is -2.13. The number of aryl methyl sites for hydroxylation is 1. The molecule has 7 nitrogen and oxygen atoms in total. The van der Waals surface area contributed by atoms with E-state index in [4.69, 9.17) is 10.00 Å². The van der Waals surface area contributed by atoms with Crippen molar-refractivity contribution in [1.82, 2.24) is 4.57 Å². The van der Waals surface area contributed by atoms with E-state index in [-0.39, 0.29) is 5.57 Å². The first-order chi connectivity index (χ1) is 14.3. The number of nitrogens with one attached hydrogen (secondary N) is 1. The van der Waals surface area contributed by atoms with Crippen LogP contribution in [0.25, 0.3) is 6.08 Å². The summed E-state index contributed by atoms with van der Waals surface area (Å²) in [5, 5.41) is 20.8. The first-order valence-electron chi connectivity index (χ1n) is 9.61. The minimum Gasteiger partial charge on any atom is -0.448 e. The zero-order chi connectivity index (χ0) is 22.3. The highest BCUT2D eigenvalue weighted by molar-refractivity contribution is 6.01. The Balaban J connectivity index is 2.09. The van der Waals surface area contributed by atoms with E-state index in [2.05, 4.69) is 16.8 Å². The summed E-state index contributed by atoms with van der Waals surface area (Å²) in [6, 6.07) is 12.1. The molecule has 0 saturated heterocycles. The fraction of sp³-hybridized carbons (Fsp3) is 0.304. The number of benzene rings is 1. The molecule has 1 N–H and O–H groups in total. The van der Waals surface area contributed by atoms with Gasteiger partial charge in [0.25, 0.3) is 5.91 Å². The summed E-state index contributed by atoms with van der Waals surface area (Å²) in [6.07, 6.45) is 1.36. The van der Waals surface area contributed by atoms with Crippen molar-refractivity contribution < 1.29 is 14.3 Å². The number of rotatable bonds is 7. The number of hydrogen-bond donors (Lipinski definition) is 1. The van der Waals surface area contributed by atoms with E-state index in [1.165, 1.54) is 13.0 Å². The Labute approximate surface area is 176 Å². The second kappa shape index (κ2) is 10.1. The Morgan fingerprint density at radius 1 is 1.23 bits per heavy atom. The van der Waals surface area contributed by atoms with Crippen LogP contribution in [0.5, 0.6) is 0 Å². The highest BCUT2D eigenvalue weighted by Gasteiger charge is 2.21. The number of aromatic nitrogens is 1. The number of nitrogens with zero attached hydrogens (tertiary/aromatic N) is 3. The molecule has 1 atom stereocenters. The molecule has 0 aliphatic heterocycles. The van der Waals surface area contributed by atoms with Crippen molar-refractivity contribution in [3.05, 3.63) is 58.4 Å². The Morgan fingerprint density at radius 3 is 2.47 bits per heavy atom. The third-order valence-electron chi connectivity index (χ3n) is 4.63. The molecule has 0 aliphatic carbocycles. The predicted octanol–water partition coefficient (Wildman–Crippen LogP) is 3.86. The standard InChI is InChI=1S/C23H24N4O3/c1-5-10-27-15(2)11-19(16(27)3)12-20(14-25)23(29)30-17(4)22(28)26-21-8-6-18(13-24)7-9-21/h6-9,11-12,17H,5,10H2,1-4H3,(H,26,28)/b20-12+/t17-/m1/s1. The lowest BCUT2D eigenvalue weighted by atomic mass is 10.1. The van der Waals surface area contributed by atoms with Gasteiger partial charge in [0, 0.05) is 23.6 Å². The molecular weight excluding hydrogens is 380 g/mol. The van der Waals surface area contributed by atoms with E-state index < -0.39 is 18.0 Å². The van der Waals surface area contributed by atoms with Crippen LogP contribution in [0, 0.1) is 36.5 Å². The quantitative estimate of drug-likeness (QED) is 0.428. The van der Waals surface area contributed by atoms with Gasteiger partial charge in [-0.05, 0) is 69.2 Å². The van der Waals surface area contributed by atoms with E-state index in [9.17, 15) is 14.9 Å². The summed E-state index contributed by atoms with van der Waals surface area (Å²) in [5.74, 6) is -1.40. The van der Waals surface area contributed by atoms with Gasteiger partial charge < -0.3 is 14.6 Å². The van der Waals surface area contributed by atoms with Gasteiger partial charge in [-0.15, -0.1) is 0 Å². The first-order valence-corrected chi connectivity index (χ1v) is 9.61. The Morgan fingerprint density at radius 2 is 1.90 bits per heavy atom. The molecule has 0 saturated carbocycles. The van der Waals surface area contributed by atoms with Crippen molar-refractivity contribution in [3.63, 3.8) is 0 Å². The SMILES string of the molecule is CCCn1c(C)cc(/C=C(\C#N)C(=O)O[C@H](C)C(=O)Nc2ccc(C#N)cc2)c1C. The van der Waals surface area contributed by atoms with Crippen LogP contribution >= 0.6 is 0 Å². The number of anilines is 1. The van der Waals surface area contributed by atoms with Gasteiger partial charge in [-0.25, -0.2) is 4.79 Å². The van der Waals surface area contributed by atoms with Gasteiger partial charge in [0.2, 0.25) is 0 Å². The maximum absolute atomic E-state index is 12.4. The number of carbonyl (C=O) groups excluding carboxylic acids is 2. The minimum absolute atomic E-state index is 0.176. The van der Waals surface area contributed by atoms with E-state index in [0.29, 0.717) is 11.3 Å². The lowest BCUT2D eigenvalue weighted by Crippen LogP contribution is -2.30. The van der Waals surface area contributed by atoms with Crippen LogP contribution in [0.15, 0.2) is 35.9 Å². The van der Waals surface area contributed by atoms with Gasteiger partial charge in [0.05, 0.1) is 11.6 Å². The zero-order valence-corrected chi connectivity index (χ0v) is 17.5. The summed E-state index contributed by atoms with van der Waals surface area (Å²) in [5.41, 5.74) is 3.53. The molecule has 30 heavy (non-hydrogen) atoms. The number of hydrogen-bond acceptors (Lipinski definition) is 5.